The minimum absolute atomic E-state index is 0.0223. The number of nitrogens with one attached hydrogen (secondary N) is 4. The number of nitro groups is 1. The molecule has 12 rings (SSSR count). The van der Waals surface area contributed by atoms with Gasteiger partial charge in [0.2, 0.25) is 29.5 Å². The number of carbonyl (C=O) groups is 5. The van der Waals surface area contributed by atoms with Crippen molar-refractivity contribution in [1.29, 1.82) is 0 Å². The number of anilines is 4. The Kier molecular flexibility index (Phi) is 27.7. The van der Waals surface area contributed by atoms with Gasteiger partial charge in [-0.25, -0.2) is 18.1 Å². The summed E-state index contributed by atoms with van der Waals surface area (Å²) in [4.78, 5) is 104. The lowest BCUT2D eigenvalue weighted by Gasteiger charge is -2.39. The monoisotopic (exact) mass is 1650 g/mol. The number of carbonyl (C=O) groups excluding carboxylic acids is 5. The number of hydrogen-bond donors (Lipinski definition) is 5. The summed E-state index contributed by atoms with van der Waals surface area (Å²) in [6, 6.07) is 27.8. The minimum atomic E-state index is -4.71. The van der Waals surface area contributed by atoms with Gasteiger partial charge in [0.25, 0.3) is 21.6 Å². The molecule has 5 N–H and O–H groups in total. The summed E-state index contributed by atoms with van der Waals surface area (Å²) >= 11 is 7.91. The number of hydrogen-bond acceptors (Lipinski definition) is 20. The predicted molar refractivity (Wildman–Crippen MR) is 455 cm³/mol. The molecule has 0 spiro atoms. The summed E-state index contributed by atoms with van der Waals surface area (Å²) in [5.74, 6) is -1.68. The van der Waals surface area contributed by atoms with Crippen molar-refractivity contribution in [2.75, 3.05) is 113 Å². The summed E-state index contributed by atoms with van der Waals surface area (Å²) in [7, 11) is -6.04. The lowest BCUT2D eigenvalue weighted by molar-refractivity contribution is -0.384. The van der Waals surface area contributed by atoms with Crippen LogP contribution in [0.15, 0.2) is 119 Å². The fourth-order valence-corrected chi connectivity index (χ4v) is 18.6. The standard InChI is InChI=1S/C85H113ClN14O12S2Si/c1-57(59-18-20-61(21-19-59)77-58(2)88-55-113-77)89-81(105)73-50-66(101)54-99(73)83(106)78(84(3,4)5)90-75(102)16-12-11-13-17-76(103)96-43-37-93(38-44-96)34-14-33-87-70-29-27-67(51-72(70)100(107)108)114(109,110)92-80(104)68-28-26-65(95-41-39-94(40-42-95)53-63-30-32-85(6,7)52-69(63)60-22-24-64(86)25-23-60)49-71(68)98-35-15-45-112-82-74(98)48-62-31-36-97(79(62)91-82)56-111-46-47-115(8,9)10/h18-29,31,36,48-49,51,55,57,66,73,78,87,101H,11-17,30,32-35,37-47,50,52-54,56H2,1-10H3,(H,89,105)(H,90,102)(H,92,104)/t57-,66+,73-,78+/m0/s1. The summed E-state index contributed by atoms with van der Waals surface area (Å²) < 4.78 is 45.6. The van der Waals surface area contributed by atoms with E-state index in [2.05, 4.69) is 86.0 Å². The number of pyridine rings is 1. The van der Waals surface area contributed by atoms with Gasteiger partial charge in [-0.2, -0.15) is 4.98 Å². The Bertz CT molecular complexity index is 4800. The van der Waals surface area contributed by atoms with Gasteiger partial charge in [0.15, 0.2) is 0 Å². The van der Waals surface area contributed by atoms with Crippen LogP contribution in [0.1, 0.15) is 145 Å². The number of nitro benzene ring substituents is 1. The van der Waals surface area contributed by atoms with Crippen LogP contribution in [-0.4, -0.2) is 207 Å². The van der Waals surface area contributed by atoms with Crippen LogP contribution in [-0.2, 0) is 40.7 Å². The Morgan fingerprint density at radius 2 is 1.57 bits per heavy atom. The number of aromatic nitrogens is 3. The highest BCUT2D eigenvalue weighted by atomic mass is 35.5. The second kappa shape index (κ2) is 37.2. The van der Waals surface area contributed by atoms with E-state index in [1.807, 2.05) is 121 Å². The van der Waals surface area contributed by atoms with E-state index in [1.54, 1.807) is 17.4 Å². The fraction of sp³-hybridized carbons (Fsp3) is 0.518. The predicted octanol–water partition coefficient (Wildman–Crippen LogP) is 13.4. The van der Waals surface area contributed by atoms with Crippen molar-refractivity contribution in [3.63, 3.8) is 0 Å². The molecule has 0 radical (unpaired) electrons. The number of β-amino-alcohol motifs (C(OH)–C–C–N with tert-alkyl or cyclic N) is 1. The molecular weight excluding hydrogens is 1540 g/mol. The number of allylic oxidation sites excluding steroid dienone is 1. The van der Waals surface area contributed by atoms with Crippen LogP contribution in [0.3, 0.4) is 0 Å². The van der Waals surface area contributed by atoms with E-state index in [-0.39, 0.29) is 59.8 Å². The largest absolute Gasteiger partial charge is 0.476 e. The molecule has 3 aromatic heterocycles. The number of benzene rings is 4. The maximum atomic E-state index is 14.9. The van der Waals surface area contributed by atoms with Gasteiger partial charge in [-0.15, -0.1) is 11.3 Å². The van der Waals surface area contributed by atoms with Crippen molar-refractivity contribution in [3.05, 3.63) is 152 Å². The summed E-state index contributed by atoms with van der Waals surface area (Å²) in [6.07, 6.45) is 7.49. The number of halogens is 1. The maximum Gasteiger partial charge on any atom is 0.293 e. The van der Waals surface area contributed by atoms with Gasteiger partial charge >= 0.3 is 0 Å². The molecule has 4 aliphatic heterocycles. The van der Waals surface area contributed by atoms with Crippen molar-refractivity contribution >= 4 is 116 Å². The fourth-order valence-electron chi connectivity index (χ4n) is 15.9. The zero-order valence-corrected chi connectivity index (χ0v) is 71.5. The number of aryl methyl sites for hydroxylation is 1. The van der Waals surface area contributed by atoms with Gasteiger partial charge < -0.3 is 54.7 Å². The van der Waals surface area contributed by atoms with Crippen molar-refractivity contribution < 1.29 is 51.9 Å². The topological polar surface area (TPSA) is 300 Å². The number of sulfonamides is 1. The van der Waals surface area contributed by atoms with Crippen LogP contribution < -0.4 is 35.2 Å². The van der Waals surface area contributed by atoms with E-state index < -0.39 is 69.0 Å². The average molecular weight is 1650 g/mol. The third-order valence-electron chi connectivity index (χ3n) is 22.8. The van der Waals surface area contributed by atoms with Crippen molar-refractivity contribution in [2.45, 2.75) is 181 Å². The Balaban J connectivity index is 0.621. The Morgan fingerprint density at radius 3 is 2.28 bits per heavy atom. The van der Waals surface area contributed by atoms with Gasteiger partial charge in [0.1, 0.15) is 35.8 Å². The molecule has 0 unspecified atom stereocenters. The van der Waals surface area contributed by atoms with Crippen LogP contribution in [0.5, 0.6) is 5.88 Å². The third-order valence-corrected chi connectivity index (χ3v) is 27.0. The first-order valence-electron chi connectivity index (χ1n) is 40.5. The number of fused-ring (bicyclic) bond motifs is 2. The maximum absolute atomic E-state index is 14.9. The molecule has 5 aliphatic rings. The highest BCUT2D eigenvalue weighted by Crippen LogP contribution is 2.45. The summed E-state index contributed by atoms with van der Waals surface area (Å²) in [5.41, 5.74) is 10.5. The van der Waals surface area contributed by atoms with Crippen LogP contribution in [0, 0.1) is 27.9 Å². The van der Waals surface area contributed by atoms with Crippen LogP contribution >= 0.6 is 22.9 Å². The van der Waals surface area contributed by atoms with E-state index in [4.69, 9.17) is 26.1 Å². The molecule has 3 saturated heterocycles. The van der Waals surface area contributed by atoms with Crippen molar-refractivity contribution in [1.82, 2.24) is 49.5 Å². The number of aliphatic hydroxyl groups is 1. The smallest absolute Gasteiger partial charge is 0.293 e. The third kappa shape index (κ3) is 21.9. The molecule has 3 fully saturated rings. The SMILES string of the molecule is Cc1ncsc1-c1ccc([C@H](C)NC(=O)[C@@H]2C[C@@H](O)CN2C(=O)[C@@H](NC(=O)CCCCCC(=O)N2CCN(CCCNc3ccc(S(=O)(=O)NC(=O)c4ccc(N5CCN(CC6=C(c7ccc(Cl)cc7)CC(C)(C)CC6)CC5)cc4N4CCCOc5nc6c(ccn6COCC[Si](C)(C)C)cc54)cc3[N+](=O)[O-])CC2)C(C)(C)C)cc1. The molecule has 5 amide bonds. The van der Waals surface area contributed by atoms with E-state index in [0.717, 1.165) is 83.8 Å². The Labute approximate surface area is 685 Å². The van der Waals surface area contributed by atoms with Gasteiger partial charge in [-0.1, -0.05) is 114 Å². The van der Waals surface area contributed by atoms with Crippen molar-refractivity contribution in [2.24, 2.45) is 10.8 Å². The number of likely N-dealkylation sites (tertiary alicyclic amines) is 1. The molecule has 618 valence electrons. The summed E-state index contributed by atoms with van der Waals surface area (Å²) in [5, 5.41) is 34.1. The number of rotatable bonds is 31. The van der Waals surface area contributed by atoms with E-state index in [0.29, 0.717) is 145 Å². The number of amides is 5. The van der Waals surface area contributed by atoms with Crippen LogP contribution in [0.2, 0.25) is 30.7 Å². The molecule has 4 aromatic carbocycles. The van der Waals surface area contributed by atoms with Gasteiger partial charge in [0.05, 0.1) is 55.9 Å². The first-order chi connectivity index (χ1) is 54.7. The van der Waals surface area contributed by atoms with E-state index in [1.165, 1.54) is 33.7 Å². The number of piperazine rings is 2. The molecule has 30 heteroatoms. The lowest BCUT2D eigenvalue weighted by Crippen LogP contribution is -2.57. The molecule has 7 heterocycles. The minimum Gasteiger partial charge on any atom is -0.476 e. The first-order valence-corrected chi connectivity index (χ1v) is 46.9. The van der Waals surface area contributed by atoms with Gasteiger partial charge in [-0.05, 0) is 159 Å². The molecular formula is C85H113ClN14O12S2Si. The van der Waals surface area contributed by atoms with Crippen LogP contribution in [0.4, 0.5) is 28.4 Å². The second-order valence-electron chi connectivity index (χ2n) is 34.4. The molecule has 115 heavy (non-hydrogen) atoms. The number of ether oxygens (including phenoxy) is 2. The number of thiazole rings is 1. The Hall–Kier alpha value is -8.81. The molecule has 7 aromatic rings. The normalized spacial score (nSPS) is 18.4. The highest BCUT2D eigenvalue weighted by Gasteiger charge is 2.45. The van der Waals surface area contributed by atoms with Gasteiger partial charge in [0, 0.05) is 141 Å². The quantitative estimate of drug-likeness (QED) is 0.0117. The molecule has 0 bridgehead atoms. The number of nitrogens with zero attached hydrogens (tertiary/aromatic N) is 10. The summed E-state index contributed by atoms with van der Waals surface area (Å²) in [6.45, 7) is 29.7. The Morgan fingerprint density at radius 1 is 0.852 bits per heavy atom. The van der Waals surface area contributed by atoms with Crippen molar-refractivity contribution in [3.8, 4) is 16.3 Å². The molecule has 1 aliphatic carbocycles. The lowest BCUT2D eigenvalue weighted by atomic mass is 9.72. The number of unbranched alkanes of at least 4 members (excludes halogenated alkanes) is 2. The zero-order valence-electron chi connectivity index (χ0n) is 68.1. The second-order valence-corrected chi connectivity index (χ2v) is 43.0. The first kappa shape index (κ1) is 85.6. The average Bonchev–Trinajstić information content (AvgIpc) is 1.75. The van der Waals surface area contributed by atoms with Crippen LogP contribution in [0.25, 0.3) is 27.0 Å². The molecule has 0 saturated carbocycles. The highest BCUT2D eigenvalue weighted by molar-refractivity contribution is 7.90. The molecule has 26 nitrogen and oxygen atoms in total. The van der Waals surface area contributed by atoms with E-state index in [9.17, 15) is 47.6 Å². The zero-order chi connectivity index (χ0) is 82.1. The van der Waals surface area contributed by atoms with Gasteiger partial charge in [-0.3, -0.25) is 43.9 Å². The number of aliphatic hydroxyl groups excluding tert-OH is 1. The molecule has 4 atom stereocenters. The van der Waals surface area contributed by atoms with E-state index >= 15 is 0 Å².